The van der Waals surface area contributed by atoms with Crippen LogP contribution >= 0.6 is 23.5 Å². The van der Waals surface area contributed by atoms with Crippen molar-refractivity contribution in [2.75, 3.05) is 12.5 Å². The number of nitrogens with zero attached hydrogens (tertiary/aromatic N) is 8. The zero-order chi connectivity index (χ0) is 59.8. The first-order valence-electron chi connectivity index (χ1n) is 26.3. The van der Waals surface area contributed by atoms with E-state index in [0.29, 0.717) is 28.3 Å². The zero-order valence-electron chi connectivity index (χ0n) is 48.2. The summed E-state index contributed by atoms with van der Waals surface area (Å²) in [6, 6.07) is 62.2. The average molecular weight is 1930 g/mol. The van der Waals surface area contributed by atoms with E-state index in [-0.39, 0.29) is 103 Å². The molecular weight excluding hydrogens is 1880 g/mol. The smallest absolute Gasteiger partial charge is 0.123 e. The van der Waals surface area contributed by atoms with Crippen LogP contribution in [0.5, 0.6) is 0 Å². The minimum atomic E-state index is -0.689. The van der Waals surface area contributed by atoms with Crippen molar-refractivity contribution in [3.8, 4) is 90.1 Å². The van der Waals surface area contributed by atoms with Gasteiger partial charge in [0, 0.05) is 125 Å². The number of hydrogen-bond acceptors (Lipinski definition) is 10. The Morgan fingerprint density at radius 1 is 0.326 bits per heavy atom. The molecule has 0 aliphatic carbocycles. The number of thioether (sulfide) groups is 2. The first-order valence-corrected chi connectivity index (χ1v) is 28.8. The van der Waals surface area contributed by atoms with Crippen LogP contribution in [0.4, 0.5) is 22.0 Å². The van der Waals surface area contributed by atoms with Gasteiger partial charge in [0.15, 0.2) is 0 Å². The summed E-state index contributed by atoms with van der Waals surface area (Å²) >= 11 is 3.45. The molecule has 4 radical (unpaired) electrons. The molecule has 4 aromatic heterocycles. The second kappa shape index (κ2) is 35.4. The molecule has 89 heavy (non-hydrogen) atoms. The predicted molar refractivity (Wildman–Crippen MR) is 329 cm³/mol. The maximum atomic E-state index is 13.9. The third kappa shape index (κ3) is 19.8. The van der Waals surface area contributed by atoms with Gasteiger partial charge in [0.1, 0.15) is 31.1 Å². The van der Waals surface area contributed by atoms with E-state index in [1.807, 2.05) is 56.3 Å². The normalized spacial score (nSPS) is 10.1. The minimum Gasteiger partial charge on any atom is -0.286 e. The standard InChI is InChI=1S/C18H13F2N2.C18H14FN2.C18H15N2S2.C16H9F2N2.4Ir/c1-11-4-3-5-12(2)18(11)17-9-16(21-10-22-17)14-7-6-13(19)8-15(14)20;1-12-4-3-5-13(2)18(12)17-10-16(20-11-21-17)14-6-8-15(19)9-7-14;1-21-15-7-3-5-13(9-15)17-11-18(20-12-19-17)14-6-4-8-16(10-14)22-2;17-13-5-1-11(2-6-13)15-9-16(20-10-19-15)12-3-7-14(18)8-4-12;;;;/h3-6,8-10H,1-2H3;3-6,8-11H,1-2H3;3-5,7-12H,1-2H3;1-3,5-10H;;;;/q4*-1;;;;. The van der Waals surface area contributed by atoms with Gasteiger partial charge in [-0.1, -0.05) is 89.3 Å². The van der Waals surface area contributed by atoms with Crippen molar-refractivity contribution in [3.05, 3.63) is 277 Å². The molecule has 0 aliphatic heterocycles. The van der Waals surface area contributed by atoms with E-state index in [9.17, 15) is 22.0 Å². The molecule has 0 fully saturated rings. The van der Waals surface area contributed by atoms with Gasteiger partial charge in [-0.2, -0.15) is 0 Å². The summed E-state index contributed by atoms with van der Waals surface area (Å²) in [6.07, 6.45) is 10.1. The van der Waals surface area contributed by atoms with Gasteiger partial charge in [-0.15, -0.1) is 125 Å². The molecule has 4 heterocycles. The van der Waals surface area contributed by atoms with Crippen LogP contribution in [0.15, 0.2) is 211 Å². The summed E-state index contributed by atoms with van der Waals surface area (Å²) in [5.74, 6) is -2.30. The van der Waals surface area contributed by atoms with Crippen molar-refractivity contribution in [3.63, 3.8) is 0 Å². The van der Waals surface area contributed by atoms with Crippen LogP contribution in [0.2, 0.25) is 0 Å². The summed E-state index contributed by atoms with van der Waals surface area (Å²) in [6.45, 7) is 8.12. The molecule has 0 saturated heterocycles. The molecule has 0 bridgehead atoms. The van der Waals surface area contributed by atoms with Crippen molar-refractivity contribution in [1.82, 2.24) is 39.9 Å². The predicted octanol–water partition coefficient (Wildman–Crippen LogP) is 17.8. The molecule has 0 spiro atoms. The van der Waals surface area contributed by atoms with Crippen molar-refractivity contribution in [2.24, 2.45) is 0 Å². The molecule has 0 atom stereocenters. The molecule has 458 valence electrons. The Morgan fingerprint density at radius 2 is 0.730 bits per heavy atom. The monoisotopic (exact) mass is 1930 g/mol. The summed E-state index contributed by atoms with van der Waals surface area (Å²) in [5, 5.41) is 0. The molecule has 0 aliphatic rings. The fourth-order valence-electron chi connectivity index (χ4n) is 8.93. The van der Waals surface area contributed by atoms with E-state index in [1.165, 1.54) is 76.3 Å². The largest absolute Gasteiger partial charge is 0.286 e. The molecular formula is C70H51F5Ir4N8S2-4. The SMILES string of the molecule is CSc1cc[c-]c(-c2cc(-c3cccc(SC)c3)ncn2)c1.Cc1cccc(C)c1-c1cc(-c2[c-]cc(F)cc2)ncn1.Cc1cccc(C)c1-c1cc(-c2[c-]cc(F)cc2F)ncn1.Fc1c[c-]c(-c2cc(-c3ccc(F)cc3)ncn2)cc1.[Ir].[Ir].[Ir].[Ir]. The Kier molecular flexibility index (Phi) is 29.0. The van der Waals surface area contributed by atoms with Crippen LogP contribution in [0, 0.1) is 81.0 Å². The van der Waals surface area contributed by atoms with Crippen LogP contribution in [0.1, 0.15) is 22.3 Å². The van der Waals surface area contributed by atoms with Crippen molar-refractivity contribution in [2.45, 2.75) is 37.5 Å². The molecule has 19 heteroatoms. The number of halogens is 5. The third-order valence-corrected chi connectivity index (χ3v) is 14.6. The van der Waals surface area contributed by atoms with Crippen molar-refractivity contribution < 1.29 is 102 Å². The van der Waals surface area contributed by atoms with E-state index >= 15 is 0 Å². The average Bonchev–Trinajstić information content (AvgIpc) is 2.92. The summed E-state index contributed by atoms with van der Waals surface area (Å²) in [5.41, 5.74) is 16.9. The number of hydrogen-bond donors (Lipinski definition) is 0. The Bertz CT molecular complexity index is 4090. The first-order chi connectivity index (χ1) is 41.2. The van der Waals surface area contributed by atoms with Crippen molar-refractivity contribution >= 4 is 23.5 Å². The van der Waals surface area contributed by atoms with Crippen LogP contribution in [-0.2, 0) is 80.4 Å². The van der Waals surface area contributed by atoms with E-state index in [0.717, 1.165) is 79.4 Å². The Balaban J connectivity index is 0.000000213. The summed E-state index contributed by atoms with van der Waals surface area (Å²) in [7, 11) is 0. The van der Waals surface area contributed by atoms with Crippen LogP contribution in [0.3, 0.4) is 0 Å². The second-order valence-electron chi connectivity index (χ2n) is 19.0. The first kappa shape index (κ1) is 72.8. The molecule has 8 nitrogen and oxygen atoms in total. The molecule has 12 rings (SSSR count). The molecule has 0 amide bonds. The molecule has 12 aromatic rings. The summed E-state index contributed by atoms with van der Waals surface area (Å²) in [4.78, 5) is 36.5. The van der Waals surface area contributed by atoms with Gasteiger partial charge in [-0.05, 0) is 127 Å². The van der Waals surface area contributed by atoms with E-state index < -0.39 is 11.6 Å². The van der Waals surface area contributed by atoms with E-state index in [1.54, 1.807) is 66.2 Å². The van der Waals surface area contributed by atoms with Gasteiger partial charge in [-0.3, -0.25) is 37.5 Å². The van der Waals surface area contributed by atoms with Gasteiger partial charge >= 0.3 is 0 Å². The number of rotatable bonds is 10. The summed E-state index contributed by atoms with van der Waals surface area (Å²) < 4.78 is 65.7. The van der Waals surface area contributed by atoms with Gasteiger partial charge in [0.05, 0.1) is 22.8 Å². The molecule has 0 unspecified atom stereocenters. The fraction of sp³-hybridized carbons (Fsp3) is 0.0857. The van der Waals surface area contributed by atoms with E-state index in [4.69, 9.17) is 0 Å². The Labute approximate surface area is 577 Å². The van der Waals surface area contributed by atoms with Gasteiger partial charge in [0.2, 0.25) is 0 Å². The Morgan fingerprint density at radius 3 is 1.21 bits per heavy atom. The molecule has 0 N–H and O–H groups in total. The second-order valence-corrected chi connectivity index (χ2v) is 20.7. The topological polar surface area (TPSA) is 103 Å². The molecule has 0 saturated carbocycles. The van der Waals surface area contributed by atoms with E-state index in [2.05, 4.69) is 139 Å². The number of benzene rings is 8. The van der Waals surface area contributed by atoms with Crippen LogP contribution in [0.25, 0.3) is 90.1 Å². The van der Waals surface area contributed by atoms with Gasteiger partial charge < -0.3 is 0 Å². The van der Waals surface area contributed by atoms with Gasteiger partial charge in [0.25, 0.3) is 0 Å². The Hall–Kier alpha value is -6.97. The minimum absolute atomic E-state index is 0. The maximum Gasteiger partial charge on any atom is 0.123 e. The van der Waals surface area contributed by atoms with Crippen LogP contribution in [-0.4, -0.2) is 52.4 Å². The zero-order valence-corrected chi connectivity index (χ0v) is 59.4. The van der Waals surface area contributed by atoms with Crippen molar-refractivity contribution in [1.29, 1.82) is 0 Å². The number of aryl methyl sites for hydroxylation is 4. The molecule has 8 aromatic carbocycles. The number of aromatic nitrogens is 8. The maximum absolute atomic E-state index is 13.9. The fourth-order valence-corrected chi connectivity index (χ4v) is 9.83. The quantitative estimate of drug-likeness (QED) is 0.0747. The third-order valence-electron chi connectivity index (χ3n) is 13.1. The van der Waals surface area contributed by atoms with Crippen LogP contribution < -0.4 is 0 Å². The van der Waals surface area contributed by atoms with Gasteiger partial charge in [-0.25, -0.2) is 24.3 Å².